The lowest BCUT2D eigenvalue weighted by Gasteiger charge is -2.33. The fourth-order valence-corrected chi connectivity index (χ4v) is 1.02. The van der Waals surface area contributed by atoms with Gasteiger partial charge in [-0.25, -0.2) is 0 Å². The van der Waals surface area contributed by atoms with Crippen LogP contribution in [0.25, 0.3) is 0 Å². The second-order valence-electron chi connectivity index (χ2n) is 3.23. The first-order chi connectivity index (χ1) is 5.09. The van der Waals surface area contributed by atoms with E-state index in [1.807, 2.05) is 13.8 Å². The van der Waals surface area contributed by atoms with Gasteiger partial charge in [-0.2, -0.15) is 5.06 Å². The third-order valence-electron chi connectivity index (χ3n) is 1.66. The zero-order valence-electron chi connectivity index (χ0n) is 6.87. The number of nitrogens with zero attached hydrogens (tertiary/aromatic N) is 1. The largest absolute Gasteiger partial charge is 0.354 e. The maximum atomic E-state index is 11.1. The predicted molar refractivity (Wildman–Crippen MR) is 40.1 cm³/mol. The minimum Gasteiger partial charge on any atom is -0.354 e. The van der Waals surface area contributed by atoms with Gasteiger partial charge in [-0.05, 0) is 13.8 Å². The van der Waals surface area contributed by atoms with Crippen molar-refractivity contribution in [2.75, 3.05) is 13.1 Å². The number of hydrogen-bond donors (Lipinski definition) is 2. The number of amides is 1. The third-order valence-corrected chi connectivity index (χ3v) is 1.66. The normalized spacial score (nSPS) is 20.0. The first kappa shape index (κ1) is 8.49. The van der Waals surface area contributed by atoms with Crippen LogP contribution in [0.5, 0.6) is 0 Å². The molecule has 0 bridgehead atoms. The zero-order valence-corrected chi connectivity index (χ0v) is 6.87. The minimum atomic E-state index is -0.0117. The third kappa shape index (κ3) is 2.17. The Morgan fingerprint density at radius 3 is 2.55 bits per heavy atom. The molecule has 1 aliphatic rings. The van der Waals surface area contributed by atoms with Gasteiger partial charge in [0, 0.05) is 19.1 Å². The zero-order chi connectivity index (χ0) is 8.43. The number of carbonyl (C=O) groups excluding carboxylic acids is 1. The van der Waals surface area contributed by atoms with Crippen LogP contribution in [-0.4, -0.2) is 35.3 Å². The van der Waals surface area contributed by atoms with Gasteiger partial charge >= 0.3 is 0 Å². The van der Waals surface area contributed by atoms with Crippen LogP contribution in [0.4, 0.5) is 0 Å². The minimum absolute atomic E-state index is 0.0117. The molecule has 0 aromatic heterocycles. The van der Waals surface area contributed by atoms with Crippen molar-refractivity contribution in [3.63, 3.8) is 0 Å². The quantitative estimate of drug-likeness (QED) is 0.586. The Bertz CT molecular complexity index is 153. The van der Waals surface area contributed by atoms with Crippen LogP contribution in [0.2, 0.25) is 0 Å². The van der Waals surface area contributed by atoms with Gasteiger partial charge in [0.15, 0.2) is 0 Å². The molecule has 11 heavy (non-hydrogen) atoms. The molecule has 1 rings (SSSR count). The lowest BCUT2D eigenvalue weighted by molar-refractivity contribution is -0.177. The molecule has 1 amide bonds. The van der Waals surface area contributed by atoms with Crippen LogP contribution in [0.3, 0.4) is 0 Å². The van der Waals surface area contributed by atoms with Crippen molar-refractivity contribution >= 4 is 5.91 Å². The maximum Gasteiger partial charge on any atom is 0.226 e. The Morgan fingerprint density at radius 1 is 1.64 bits per heavy atom. The summed E-state index contributed by atoms with van der Waals surface area (Å²) in [6.45, 7) is 4.79. The molecule has 0 radical (unpaired) electrons. The van der Waals surface area contributed by atoms with Gasteiger partial charge in [-0.3, -0.25) is 4.79 Å². The SMILES string of the molecule is CC(C)NC(=O)C1CN(O)C1. The molecule has 64 valence electrons. The van der Waals surface area contributed by atoms with E-state index in [1.54, 1.807) is 0 Å². The fourth-order valence-electron chi connectivity index (χ4n) is 1.02. The topological polar surface area (TPSA) is 52.6 Å². The Hall–Kier alpha value is -0.610. The van der Waals surface area contributed by atoms with Crippen molar-refractivity contribution in [2.45, 2.75) is 19.9 Å². The van der Waals surface area contributed by atoms with Crippen LogP contribution >= 0.6 is 0 Å². The maximum absolute atomic E-state index is 11.1. The second-order valence-corrected chi connectivity index (χ2v) is 3.23. The van der Waals surface area contributed by atoms with Crippen molar-refractivity contribution < 1.29 is 10.0 Å². The van der Waals surface area contributed by atoms with Gasteiger partial charge in [0.2, 0.25) is 5.91 Å². The Labute approximate surface area is 66.1 Å². The van der Waals surface area contributed by atoms with Crippen LogP contribution < -0.4 is 5.32 Å². The van der Waals surface area contributed by atoms with E-state index in [9.17, 15) is 4.79 Å². The standard InChI is InChI=1S/C7H14N2O2/c1-5(2)8-7(10)6-3-9(11)4-6/h5-6,11H,3-4H2,1-2H3,(H,8,10). The summed E-state index contributed by atoms with van der Waals surface area (Å²) in [6.07, 6.45) is 0. The predicted octanol–water partition coefficient (Wildman–Crippen LogP) is -0.168. The van der Waals surface area contributed by atoms with E-state index < -0.39 is 0 Å². The molecule has 0 aromatic carbocycles. The van der Waals surface area contributed by atoms with E-state index in [0.717, 1.165) is 5.06 Å². The van der Waals surface area contributed by atoms with Crippen LogP contribution in [0.15, 0.2) is 0 Å². The van der Waals surface area contributed by atoms with E-state index in [4.69, 9.17) is 5.21 Å². The number of carbonyl (C=O) groups is 1. The first-order valence-corrected chi connectivity index (χ1v) is 3.84. The highest BCUT2D eigenvalue weighted by Crippen LogP contribution is 2.11. The van der Waals surface area contributed by atoms with Gasteiger partial charge < -0.3 is 10.5 Å². The van der Waals surface area contributed by atoms with Gasteiger partial charge in [-0.15, -0.1) is 0 Å². The number of nitrogens with one attached hydrogen (secondary N) is 1. The molecular weight excluding hydrogens is 144 g/mol. The lowest BCUT2D eigenvalue weighted by Crippen LogP contribution is -2.52. The van der Waals surface area contributed by atoms with E-state index >= 15 is 0 Å². The van der Waals surface area contributed by atoms with Crippen molar-refractivity contribution in [2.24, 2.45) is 5.92 Å². The summed E-state index contributed by atoms with van der Waals surface area (Å²) in [4.78, 5) is 11.1. The highest BCUT2D eigenvalue weighted by Gasteiger charge is 2.31. The highest BCUT2D eigenvalue weighted by atomic mass is 16.5. The molecule has 0 unspecified atom stereocenters. The Kier molecular flexibility index (Phi) is 2.46. The fraction of sp³-hybridized carbons (Fsp3) is 0.857. The lowest BCUT2D eigenvalue weighted by atomic mass is 10.0. The summed E-state index contributed by atoms with van der Waals surface area (Å²) in [7, 11) is 0. The van der Waals surface area contributed by atoms with Gasteiger partial charge in [-0.1, -0.05) is 0 Å². The molecule has 0 aliphatic carbocycles. The van der Waals surface area contributed by atoms with Crippen molar-refractivity contribution in [1.29, 1.82) is 0 Å². The summed E-state index contributed by atoms with van der Waals surface area (Å²) in [5, 5.41) is 12.7. The molecule has 0 saturated carbocycles. The van der Waals surface area contributed by atoms with Crippen molar-refractivity contribution in [3.8, 4) is 0 Å². The van der Waals surface area contributed by atoms with Gasteiger partial charge in [0.1, 0.15) is 0 Å². The van der Waals surface area contributed by atoms with E-state index in [-0.39, 0.29) is 17.9 Å². The van der Waals surface area contributed by atoms with Gasteiger partial charge in [0.25, 0.3) is 0 Å². The summed E-state index contributed by atoms with van der Waals surface area (Å²) in [6, 6.07) is 0.190. The van der Waals surface area contributed by atoms with Crippen molar-refractivity contribution in [1.82, 2.24) is 10.4 Å². The number of hydroxylamine groups is 2. The highest BCUT2D eigenvalue weighted by molar-refractivity contribution is 5.80. The van der Waals surface area contributed by atoms with E-state index in [2.05, 4.69) is 5.32 Å². The molecular formula is C7H14N2O2. The Balaban J connectivity index is 2.21. The van der Waals surface area contributed by atoms with Crippen molar-refractivity contribution in [3.05, 3.63) is 0 Å². The number of hydrogen-bond acceptors (Lipinski definition) is 3. The van der Waals surface area contributed by atoms with Gasteiger partial charge in [0.05, 0.1) is 5.92 Å². The average Bonchev–Trinajstić information content (AvgIpc) is 1.79. The molecule has 4 heteroatoms. The monoisotopic (exact) mass is 158 g/mol. The first-order valence-electron chi connectivity index (χ1n) is 3.84. The molecule has 2 N–H and O–H groups in total. The van der Waals surface area contributed by atoms with E-state index in [0.29, 0.717) is 13.1 Å². The summed E-state index contributed by atoms with van der Waals surface area (Å²) >= 11 is 0. The Morgan fingerprint density at radius 2 is 2.18 bits per heavy atom. The molecule has 0 aromatic rings. The van der Waals surface area contributed by atoms with E-state index in [1.165, 1.54) is 0 Å². The average molecular weight is 158 g/mol. The second kappa shape index (κ2) is 3.19. The number of rotatable bonds is 2. The van der Waals surface area contributed by atoms with Crippen LogP contribution in [0, 0.1) is 5.92 Å². The summed E-state index contributed by atoms with van der Waals surface area (Å²) < 4.78 is 0. The molecule has 1 saturated heterocycles. The summed E-state index contributed by atoms with van der Waals surface area (Å²) in [5.74, 6) is 0.0349. The summed E-state index contributed by atoms with van der Waals surface area (Å²) in [5.41, 5.74) is 0. The molecule has 0 spiro atoms. The molecule has 4 nitrogen and oxygen atoms in total. The molecule has 0 atom stereocenters. The molecule has 1 aliphatic heterocycles. The molecule has 1 fully saturated rings. The van der Waals surface area contributed by atoms with Crippen LogP contribution in [-0.2, 0) is 4.79 Å². The molecule has 1 heterocycles. The smallest absolute Gasteiger partial charge is 0.226 e. The van der Waals surface area contributed by atoms with Crippen LogP contribution in [0.1, 0.15) is 13.8 Å².